The first-order valence-electron chi connectivity index (χ1n) is 5.87. The van der Waals surface area contributed by atoms with E-state index in [4.69, 9.17) is 0 Å². The lowest BCUT2D eigenvalue weighted by molar-refractivity contribution is 0.883. The van der Waals surface area contributed by atoms with Gasteiger partial charge in [-0.1, -0.05) is 26.3 Å². The zero-order valence-corrected chi connectivity index (χ0v) is 10.7. The fourth-order valence-corrected chi connectivity index (χ4v) is 2.63. The molecular formula is C14H17NS. The van der Waals surface area contributed by atoms with Crippen molar-refractivity contribution >= 4 is 11.3 Å². The van der Waals surface area contributed by atoms with E-state index in [0.29, 0.717) is 0 Å². The molecule has 0 fully saturated rings. The van der Waals surface area contributed by atoms with Gasteiger partial charge in [0, 0.05) is 27.2 Å². The zero-order valence-electron chi connectivity index (χ0n) is 9.86. The molecular weight excluding hydrogens is 214 g/mol. The number of pyridine rings is 1. The largest absolute Gasteiger partial charge is 0.261 e. The highest BCUT2D eigenvalue weighted by atomic mass is 32.1. The monoisotopic (exact) mass is 231 g/mol. The molecule has 0 aliphatic heterocycles. The summed E-state index contributed by atoms with van der Waals surface area (Å²) in [6.45, 7) is 4.38. The Morgan fingerprint density at radius 3 is 2.56 bits per heavy atom. The highest BCUT2D eigenvalue weighted by molar-refractivity contribution is 7.15. The van der Waals surface area contributed by atoms with Gasteiger partial charge < -0.3 is 0 Å². The highest BCUT2D eigenvalue weighted by Crippen LogP contribution is 2.27. The zero-order chi connectivity index (χ0) is 11.4. The molecule has 2 heteroatoms. The lowest BCUT2D eigenvalue weighted by atomic mass is 10.2. The number of hydrogen-bond acceptors (Lipinski definition) is 2. The first-order chi connectivity index (χ1) is 7.83. The van der Waals surface area contributed by atoms with Crippen molar-refractivity contribution in [3.63, 3.8) is 0 Å². The highest BCUT2D eigenvalue weighted by Gasteiger charge is 2.02. The molecule has 0 unspecified atom stereocenters. The second-order valence-corrected chi connectivity index (χ2v) is 5.08. The quantitative estimate of drug-likeness (QED) is 0.763. The summed E-state index contributed by atoms with van der Waals surface area (Å²) in [5, 5.41) is 0. The third-order valence-corrected chi connectivity index (χ3v) is 3.90. The maximum atomic E-state index is 4.49. The molecule has 84 valence electrons. The summed E-state index contributed by atoms with van der Waals surface area (Å²) >= 11 is 1.87. The molecule has 0 atom stereocenters. The second kappa shape index (κ2) is 5.26. The van der Waals surface area contributed by atoms with Gasteiger partial charge in [-0.3, -0.25) is 4.98 Å². The molecule has 0 aromatic carbocycles. The van der Waals surface area contributed by atoms with Crippen LogP contribution in [0.3, 0.4) is 0 Å². The second-order valence-electron chi connectivity index (χ2n) is 3.91. The van der Waals surface area contributed by atoms with Gasteiger partial charge in [0.25, 0.3) is 0 Å². The molecule has 0 radical (unpaired) electrons. The molecule has 0 spiro atoms. The summed E-state index contributed by atoms with van der Waals surface area (Å²) < 4.78 is 0. The summed E-state index contributed by atoms with van der Waals surface area (Å²) in [4.78, 5) is 7.25. The summed E-state index contributed by atoms with van der Waals surface area (Å²) in [6, 6.07) is 8.73. The fourth-order valence-electron chi connectivity index (χ4n) is 1.70. The smallest absolute Gasteiger partial charge is 0.0403 e. The van der Waals surface area contributed by atoms with E-state index in [-0.39, 0.29) is 0 Å². The van der Waals surface area contributed by atoms with Crippen LogP contribution in [0.2, 0.25) is 0 Å². The van der Waals surface area contributed by atoms with Gasteiger partial charge in [-0.15, -0.1) is 11.3 Å². The third kappa shape index (κ3) is 2.50. The third-order valence-electron chi connectivity index (χ3n) is 2.63. The summed E-state index contributed by atoms with van der Waals surface area (Å²) in [5.41, 5.74) is 2.43. The number of hydrogen-bond donors (Lipinski definition) is 0. The fraction of sp³-hybridized carbons (Fsp3) is 0.357. The van der Waals surface area contributed by atoms with Gasteiger partial charge in [0.15, 0.2) is 0 Å². The van der Waals surface area contributed by atoms with E-state index in [1.165, 1.54) is 21.0 Å². The number of rotatable bonds is 4. The van der Waals surface area contributed by atoms with Crippen LogP contribution in [0.1, 0.15) is 30.8 Å². The van der Waals surface area contributed by atoms with Crippen molar-refractivity contribution in [2.24, 2.45) is 0 Å². The maximum Gasteiger partial charge on any atom is 0.0403 e. The molecule has 0 aliphatic rings. The van der Waals surface area contributed by atoms with E-state index < -0.39 is 0 Å². The molecule has 1 nitrogen and oxygen atoms in total. The lowest BCUT2D eigenvalue weighted by Gasteiger charge is -2.00. The predicted octanol–water partition coefficient (Wildman–Crippen LogP) is 4.33. The molecule has 0 aliphatic carbocycles. The SMILES string of the molecule is CCCc1ccc(-c2ccc(CC)s2)cn1. The topological polar surface area (TPSA) is 12.9 Å². The normalized spacial score (nSPS) is 10.6. The van der Waals surface area contributed by atoms with Gasteiger partial charge in [-0.25, -0.2) is 0 Å². The minimum Gasteiger partial charge on any atom is -0.261 e. The van der Waals surface area contributed by atoms with Crippen molar-refractivity contribution in [1.29, 1.82) is 0 Å². The maximum absolute atomic E-state index is 4.49. The lowest BCUT2D eigenvalue weighted by Crippen LogP contribution is -1.87. The Morgan fingerprint density at radius 1 is 1.12 bits per heavy atom. The van der Waals surface area contributed by atoms with Gasteiger partial charge in [0.1, 0.15) is 0 Å². The van der Waals surface area contributed by atoms with Crippen molar-refractivity contribution in [2.75, 3.05) is 0 Å². The molecule has 2 rings (SSSR count). The van der Waals surface area contributed by atoms with Crippen LogP contribution in [0.15, 0.2) is 30.5 Å². The summed E-state index contributed by atoms with van der Waals surface area (Å²) in [6.07, 6.45) is 5.35. The molecule has 2 aromatic heterocycles. The van der Waals surface area contributed by atoms with Crippen molar-refractivity contribution in [3.05, 3.63) is 41.0 Å². The Balaban J connectivity index is 2.20. The number of nitrogens with zero attached hydrogens (tertiary/aromatic N) is 1. The molecule has 0 saturated heterocycles. The molecule has 0 bridgehead atoms. The molecule has 16 heavy (non-hydrogen) atoms. The molecule has 0 amide bonds. The van der Waals surface area contributed by atoms with Crippen LogP contribution in [0, 0.1) is 0 Å². The average molecular weight is 231 g/mol. The van der Waals surface area contributed by atoms with Crippen LogP contribution >= 0.6 is 11.3 Å². The van der Waals surface area contributed by atoms with Crippen molar-refractivity contribution in [1.82, 2.24) is 4.98 Å². The van der Waals surface area contributed by atoms with Crippen molar-refractivity contribution < 1.29 is 0 Å². The Bertz CT molecular complexity index is 442. The summed E-state index contributed by atoms with van der Waals surface area (Å²) in [5.74, 6) is 0. The predicted molar refractivity (Wildman–Crippen MR) is 70.9 cm³/mol. The standard InChI is InChI=1S/C14H17NS/c1-3-5-12-7-6-11(10-15-12)14-9-8-13(4-2)16-14/h6-10H,3-5H2,1-2H3. The van der Waals surface area contributed by atoms with Gasteiger partial charge in [-0.2, -0.15) is 0 Å². The van der Waals surface area contributed by atoms with E-state index in [0.717, 1.165) is 19.3 Å². The van der Waals surface area contributed by atoms with E-state index in [9.17, 15) is 0 Å². The Kier molecular flexibility index (Phi) is 3.73. The Labute approximate surface area is 101 Å². The minimum atomic E-state index is 1.07. The molecule has 0 N–H and O–H groups in total. The number of thiophene rings is 1. The van der Waals surface area contributed by atoms with Crippen LogP contribution in [-0.2, 0) is 12.8 Å². The minimum absolute atomic E-state index is 1.07. The number of aryl methyl sites for hydroxylation is 2. The van der Waals surface area contributed by atoms with Gasteiger partial charge in [0.2, 0.25) is 0 Å². The average Bonchev–Trinajstić information content (AvgIpc) is 2.79. The van der Waals surface area contributed by atoms with E-state index in [1.807, 2.05) is 17.5 Å². The van der Waals surface area contributed by atoms with Crippen LogP contribution in [0.4, 0.5) is 0 Å². The van der Waals surface area contributed by atoms with Gasteiger partial charge >= 0.3 is 0 Å². The molecule has 0 saturated carbocycles. The van der Waals surface area contributed by atoms with Crippen LogP contribution in [-0.4, -0.2) is 4.98 Å². The van der Waals surface area contributed by atoms with E-state index in [2.05, 4.69) is 43.1 Å². The summed E-state index contributed by atoms with van der Waals surface area (Å²) in [7, 11) is 0. The van der Waals surface area contributed by atoms with E-state index in [1.54, 1.807) is 0 Å². The molecule has 2 heterocycles. The van der Waals surface area contributed by atoms with E-state index >= 15 is 0 Å². The van der Waals surface area contributed by atoms with Gasteiger partial charge in [0.05, 0.1) is 0 Å². The Hall–Kier alpha value is -1.15. The first kappa shape index (κ1) is 11.3. The Morgan fingerprint density at radius 2 is 2.00 bits per heavy atom. The number of aromatic nitrogens is 1. The van der Waals surface area contributed by atoms with Crippen LogP contribution < -0.4 is 0 Å². The van der Waals surface area contributed by atoms with Crippen molar-refractivity contribution in [3.8, 4) is 10.4 Å². The molecule has 2 aromatic rings. The van der Waals surface area contributed by atoms with Crippen LogP contribution in [0.25, 0.3) is 10.4 Å². The van der Waals surface area contributed by atoms with Crippen molar-refractivity contribution in [2.45, 2.75) is 33.1 Å². The first-order valence-corrected chi connectivity index (χ1v) is 6.69. The van der Waals surface area contributed by atoms with Crippen LogP contribution in [0.5, 0.6) is 0 Å². The van der Waals surface area contributed by atoms with Gasteiger partial charge in [-0.05, 0) is 31.0 Å².